The van der Waals surface area contributed by atoms with Gasteiger partial charge in [-0.3, -0.25) is 8.94 Å². The summed E-state index contributed by atoms with van der Waals surface area (Å²) in [6.07, 6.45) is 0.867. The highest BCUT2D eigenvalue weighted by Crippen LogP contribution is 2.33. The molecule has 20 heavy (non-hydrogen) atoms. The van der Waals surface area contributed by atoms with E-state index in [0.717, 1.165) is 5.56 Å². The number of aryl methyl sites for hydroxylation is 2. The Labute approximate surface area is 117 Å². The van der Waals surface area contributed by atoms with E-state index in [0.29, 0.717) is 29.2 Å². The molecule has 0 aliphatic rings. The molecular weight excluding hydrogens is 281 g/mol. The Hall–Kier alpha value is -1.66. The van der Waals surface area contributed by atoms with Crippen LogP contribution in [0.15, 0.2) is 29.2 Å². The van der Waals surface area contributed by atoms with Gasteiger partial charge in [-0.2, -0.15) is 8.42 Å². The molecular formula is C14H16FNO3S. The first-order chi connectivity index (χ1) is 9.36. The van der Waals surface area contributed by atoms with Gasteiger partial charge in [0.1, 0.15) is 4.90 Å². The molecule has 0 fully saturated rings. The Morgan fingerprint density at radius 3 is 2.60 bits per heavy atom. The van der Waals surface area contributed by atoms with E-state index in [1.807, 2.05) is 6.07 Å². The summed E-state index contributed by atoms with van der Waals surface area (Å²) >= 11 is 0. The minimum atomic E-state index is -4.42. The summed E-state index contributed by atoms with van der Waals surface area (Å²) in [7, 11) is -4.42. The van der Waals surface area contributed by atoms with Crippen LogP contribution in [0.3, 0.4) is 0 Å². The first-order valence-corrected chi connectivity index (χ1v) is 7.64. The lowest BCUT2D eigenvalue weighted by Gasteiger charge is -2.13. The number of alkyl halides is 1. The fraction of sp³-hybridized carbons (Fsp3) is 0.286. The predicted molar refractivity (Wildman–Crippen MR) is 77.2 cm³/mol. The lowest BCUT2D eigenvalue weighted by molar-refractivity contribution is 0.473. The van der Waals surface area contributed by atoms with Gasteiger partial charge in [-0.1, -0.05) is 18.2 Å². The fourth-order valence-corrected chi connectivity index (χ4v) is 3.25. The molecule has 6 heteroatoms. The number of fused-ring (bicyclic) bond motifs is 1. The fourth-order valence-electron chi connectivity index (χ4n) is 2.35. The van der Waals surface area contributed by atoms with Crippen LogP contribution in [0.4, 0.5) is 10.1 Å². The van der Waals surface area contributed by atoms with Crippen LogP contribution >= 0.6 is 0 Å². The monoisotopic (exact) mass is 297 g/mol. The predicted octanol–water partition coefficient (Wildman–Crippen LogP) is 2.88. The van der Waals surface area contributed by atoms with Crippen molar-refractivity contribution in [1.29, 1.82) is 0 Å². The number of nitrogens with two attached hydrogens (primary N) is 1. The van der Waals surface area contributed by atoms with Crippen LogP contribution in [0.2, 0.25) is 0 Å². The lowest BCUT2D eigenvalue weighted by Crippen LogP contribution is -2.06. The van der Waals surface area contributed by atoms with Crippen molar-refractivity contribution in [3.8, 4) is 0 Å². The van der Waals surface area contributed by atoms with Gasteiger partial charge in [-0.05, 0) is 42.3 Å². The average molecular weight is 297 g/mol. The van der Waals surface area contributed by atoms with Crippen molar-refractivity contribution < 1.29 is 17.4 Å². The van der Waals surface area contributed by atoms with Crippen molar-refractivity contribution in [3.63, 3.8) is 0 Å². The minimum absolute atomic E-state index is 0.0441. The zero-order chi connectivity index (χ0) is 14.9. The molecule has 2 aromatic carbocycles. The summed E-state index contributed by atoms with van der Waals surface area (Å²) in [5.41, 5.74) is 7.24. The lowest BCUT2D eigenvalue weighted by atomic mass is 9.98. The van der Waals surface area contributed by atoms with Gasteiger partial charge in [-0.15, -0.1) is 0 Å². The molecule has 108 valence electrons. The first-order valence-electron chi connectivity index (χ1n) is 6.20. The molecule has 0 aromatic heterocycles. The smallest absolute Gasteiger partial charge is 0.297 e. The van der Waals surface area contributed by atoms with Crippen molar-refractivity contribution in [2.75, 3.05) is 12.4 Å². The zero-order valence-corrected chi connectivity index (χ0v) is 11.9. The molecule has 2 rings (SSSR count). The molecule has 0 bridgehead atoms. The molecule has 0 saturated heterocycles. The highest BCUT2D eigenvalue weighted by Gasteiger charge is 2.20. The highest BCUT2D eigenvalue weighted by molar-refractivity contribution is 7.86. The number of rotatable bonds is 4. The maximum absolute atomic E-state index is 12.3. The molecule has 3 N–H and O–H groups in total. The van der Waals surface area contributed by atoms with Crippen molar-refractivity contribution in [1.82, 2.24) is 0 Å². The van der Waals surface area contributed by atoms with Crippen LogP contribution in [0.5, 0.6) is 0 Å². The first kappa shape index (κ1) is 14.7. The van der Waals surface area contributed by atoms with E-state index in [-0.39, 0.29) is 10.6 Å². The van der Waals surface area contributed by atoms with Gasteiger partial charge in [0.15, 0.2) is 0 Å². The van der Waals surface area contributed by atoms with Gasteiger partial charge < -0.3 is 5.73 Å². The van der Waals surface area contributed by atoms with Crippen LogP contribution in [0.1, 0.15) is 17.5 Å². The van der Waals surface area contributed by atoms with E-state index < -0.39 is 16.8 Å². The quantitative estimate of drug-likeness (QED) is 0.671. The number of anilines is 1. The second-order valence-electron chi connectivity index (χ2n) is 4.72. The van der Waals surface area contributed by atoms with Crippen LogP contribution in [-0.4, -0.2) is 19.6 Å². The summed E-state index contributed by atoms with van der Waals surface area (Å²) in [5.74, 6) is 0. The number of benzene rings is 2. The summed E-state index contributed by atoms with van der Waals surface area (Å²) < 4.78 is 44.8. The second-order valence-corrected chi connectivity index (χ2v) is 6.07. The third-order valence-corrected chi connectivity index (χ3v) is 4.26. The number of halogens is 1. The van der Waals surface area contributed by atoms with E-state index in [1.54, 1.807) is 25.1 Å². The van der Waals surface area contributed by atoms with E-state index in [2.05, 4.69) is 0 Å². The SMILES string of the molecule is Cc1cc2c(CCCF)cccc2c(S(=O)(=O)O)c1N. The number of hydrogen-bond acceptors (Lipinski definition) is 3. The van der Waals surface area contributed by atoms with E-state index in [4.69, 9.17) is 5.73 Å². The molecule has 4 nitrogen and oxygen atoms in total. The Morgan fingerprint density at radius 1 is 1.30 bits per heavy atom. The van der Waals surface area contributed by atoms with Crippen molar-refractivity contribution >= 4 is 26.6 Å². The topological polar surface area (TPSA) is 80.4 Å². The molecule has 0 unspecified atom stereocenters. The largest absolute Gasteiger partial charge is 0.397 e. The zero-order valence-electron chi connectivity index (χ0n) is 11.1. The minimum Gasteiger partial charge on any atom is -0.397 e. The second kappa shape index (κ2) is 5.38. The summed E-state index contributed by atoms with van der Waals surface area (Å²) in [5, 5.41) is 1.05. The van der Waals surface area contributed by atoms with Gasteiger partial charge in [0.25, 0.3) is 10.1 Å². The van der Waals surface area contributed by atoms with Gasteiger partial charge in [-0.25, -0.2) is 0 Å². The number of hydrogen-bond donors (Lipinski definition) is 2. The Bertz CT molecular complexity index is 757. The van der Waals surface area contributed by atoms with E-state index >= 15 is 0 Å². The molecule has 0 spiro atoms. The van der Waals surface area contributed by atoms with Crippen molar-refractivity contribution in [2.24, 2.45) is 0 Å². The third-order valence-electron chi connectivity index (χ3n) is 3.31. The molecule has 0 aliphatic carbocycles. The molecule has 0 atom stereocenters. The summed E-state index contributed by atoms with van der Waals surface area (Å²) in [4.78, 5) is -0.269. The molecule has 2 aromatic rings. The van der Waals surface area contributed by atoms with Crippen molar-refractivity contribution in [3.05, 3.63) is 35.4 Å². The normalized spacial score (nSPS) is 11.9. The van der Waals surface area contributed by atoms with Gasteiger partial charge in [0.2, 0.25) is 0 Å². The summed E-state index contributed by atoms with van der Waals surface area (Å²) in [6, 6.07) is 6.86. The van der Waals surface area contributed by atoms with Gasteiger partial charge in [0, 0.05) is 5.39 Å². The van der Waals surface area contributed by atoms with Crippen LogP contribution < -0.4 is 5.73 Å². The molecule has 0 saturated carbocycles. The van der Waals surface area contributed by atoms with E-state index in [1.165, 1.54) is 0 Å². The van der Waals surface area contributed by atoms with Crippen LogP contribution in [-0.2, 0) is 16.5 Å². The Morgan fingerprint density at radius 2 is 2.00 bits per heavy atom. The highest BCUT2D eigenvalue weighted by atomic mass is 32.2. The number of nitrogen functional groups attached to an aromatic ring is 1. The molecule has 0 aliphatic heterocycles. The Balaban J connectivity index is 2.83. The maximum Gasteiger partial charge on any atom is 0.297 e. The average Bonchev–Trinajstić information content (AvgIpc) is 2.36. The molecule has 0 amide bonds. The maximum atomic E-state index is 12.3. The standard InChI is InChI=1S/C14H16FNO3S/c1-9-8-12-10(5-3-7-15)4-2-6-11(12)14(13(9)16)20(17,18)19/h2,4,6,8H,3,5,7,16H2,1H3,(H,17,18,19). The van der Waals surface area contributed by atoms with Crippen molar-refractivity contribution in [2.45, 2.75) is 24.7 Å². The third kappa shape index (κ3) is 2.62. The summed E-state index contributed by atoms with van der Waals surface area (Å²) in [6.45, 7) is 1.24. The van der Waals surface area contributed by atoms with E-state index in [9.17, 15) is 17.4 Å². The van der Waals surface area contributed by atoms with Crippen LogP contribution in [0, 0.1) is 6.92 Å². The molecule has 0 heterocycles. The Kier molecular flexibility index (Phi) is 3.96. The molecule has 0 radical (unpaired) electrons. The van der Waals surface area contributed by atoms with Gasteiger partial charge in [0.05, 0.1) is 12.4 Å². The van der Waals surface area contributed by atoms with Crippen LogP contribution in [0.25, 0.3) is 10.8 Å². The van der Waals surface area contributed by atoms with Gasteiger partial charge >= 0.3 is 0 Å².